The Kier molecular flexibility index (Phi) is 12.1. The van der Waals surface area contributed by atoms with E-state index in [1.54, 1.807) is 19.2 Å². The van der Waals surface area contributed by atoms with Crippen molar-refractivity contribution < 1.29 is 23.6 Å². The minimum atomic E-state index is -0.906. The van der Waals surface area contributed by atoms with Gasteiger partial charge in [0, 0.05) is 54.7 Å². The third-order valence-corrected chi connectivity index (χ3v) is 6.69. The SMILES string of the molecule is CCC(=O)C[C@@H](Cc1c[nH]c2cc(F)ccc12)C(=O)N[C@@H](CCCN=C(N)N)C(=O)C[C@@H](CC(C)C)C(N)=O. The summed E-state index contributed by atoms with van der Waals surface area (Å²) in [4.78, 5) is 58.1. The second kappa shape index (κ2) is 15.0. The van der Waals surface area contributed by atoms with Crippen molar-refractivity contribution in [3.8, 4) is 0 Å². The van der Waals surface area contributed by atoms with Crippen LogP contribution in [-0.4, -0.2) is 46.9 Å². The van der Waals surface area contributed by atoms with Gasteiger partial charge in [-0.25, -0.2) is 4.39 Å². The van der Waals surface area contributed by atoms with Crippen LogP contribution in [0.2, 0.25) is 0 Å². The first-order valence-electron chi connectivity index (χ1n) is 13.4. The summed E-state index contributed by atoms with van der Waals surface area (Å²) in [5.74, 6) is -3.15. The standard InChI is InChI=1S/C28H41FN6O4/c1-4-21(36)12-18(11-19-15-34-24-14-20(29)7-8-22(19)24)27(39)35-23(6-5-9-33-28(31)32)25(37)13-17(26(30)38)10-16(2)3/h7-8,14-18,23,34H,4-6,9-13H2,1-3H3,(H2,30,38)(H,35,39)(H4,31,32,33)/t17-,18-,23+/m1/s1. The fourth-order valence-corrected chi connectivity index (χ4v) is 4.63. The zero-order valence-electron chi connectivity index (χ0n) is 23.0. The number of Topliss-reactive ketones (excluding diaryl/α,β-unsaturated/α-hetero) is 2. The Morgan fingerprint density at radius 1 is 1.08 bits per heavy atom. The summed E-state index contributed by atoms with van der Waals surface area (Å²) in [6.45, 7) is 5.85. The van der Waals surface area contributed by atoms with Crippen LogP contribution in [0.4, 0.5) is 4.39 Å². The number of guanidine groups is 1. The number of hydrogen-bond donors (Lipinski definition) is 5. The van der Waals surface area contributed by atoms with Crippen LogP contribution in [0, 0.1) is 23.6 Å². The Hall–Kier alpha value is -3.76. The Bertz CT molecular complexity index is 1190. The summed E-state index contributed by atoms with van der Waals surface area (Å²) in [6, 6.07) is 3.42. The molecule has 2 amide bonds. The summed E-state index contributed by atoms with van der Waals surface area (Å²) < 4.78 is 13.6. The molecule has 39 heavy (non-hydrogen) atoms. The van der Waals surface area contributed by atoms with E-state index in [-0.39, 0.29) is 67.9 Å². The Morgan fingerprint density at radius 3 is 2.41 bits per heavy atom. The van der Waals surface area contributed by atoms with Crippen LogP contribution in [0.1, 0.15) is 64.9 Å². The van der Waals surface area contributed by atoms with Gasteiger partial charge >= 0.3 is 0 Å². The van der Waals surface area contributed by atoms with E-state index in [4.69, 9.17) is 17.2 Å². The van der Waals surface area contributed by atoms with Gasteiger partial charge in [-0.05, 0) is 55.4 Å². The molecule has 0 radical (unpaired) electrons. The summed E-state index contributed by atoms with van der Waals surface area (Å²) in [5.41, 5.74) is 17.7. The van der Waals surface area contributed by atoms with Gasteiger partial charge in [-0.2, -0.15) is 0 Å². The van der Waals surface area contributed by atoms with Gasteiger partial charge in [0.05, 0.1) is 6.04 Å². The molecule has 2 rings (SSSR count). The van der Waals surface area contributed by atoms with Gasteiger partial charge < -0.3 is 27.5 Å². The largest absolute Gasteiger partial charge is 0.370 e. The van der Waals surface area contributed by atoms with Crippen molar-refractivity contribution in [1.82, 2.24) is 10.3 Å². The lowest BCUT2D eigenvalue weighted by Crippen LogP contribution is -2.45. The van der Waals surface area contributed by atoms with Gasteiger partial charge in [0.15, 0.2) is 11.7 Å². The van der Waals surface area contributed by atoms with E-state index in [1.807, 2.05) is 13.8 Å². The van der Waals surface area contributed by atoms with Crippen molar-refractivity contribution >= 4 is 40.2 Å². The van der Waals surface area contributed by atoms with Crippen LogP contribution in [-0.2, 0) is 25.6 Å². The molecule has 11 heteroatoms. The van der Waals surface area contributed by atoms with Crippen LogP contribution in [0.5, 0.6) is 0 Å². The maximum Gasteiger partial charge on any atom is 0.224 e. The molecular weight excluding hydrogens is 503 g/mol. The van der Waals surface area contributed by atoms with E-state index in [9.17, 15) is 23.6 Å². The van der Waals surface area contributed by atoms with Gasteiger partial charge in [0.25, 0.3) is 0 Å². The molecular formula is C28H41FN6O4. The van der Waals surface area contributed by atoms with E-state index in [0.29, 0.717) is 18.4 Å². The van der Waals surface area contributed by atoms with Gasteiger partial charge in [0.2, 0.25) is 11.8 Å². The minimum Gasteiger partial charge on any atom is -0.370 e. The Balaban J connectivity index is 2.27. The van der Waals surface area contributed by atoms with Crippen LogP contribution in [0.3, 0.4) is 0 Å². The van der Waals surface area contributed by atoms with Gasteiger partial charge in [0.1, 0.15) is 11.6 Å². The number of nitrogens with one attached hydrogen (secondary N) is 2. The second-order valence-corrected chi connectivity index (χ2v) is 10.4. The first kappa shape index (κ1) is 31.5. The molecule has 0 bridgehead atoms. The minimum absolute atomic E-state index is 0.0115. The number of benzene rings is 1. The van der Waals surface area contributed by atoms with Crippen molar-refractivity contribution in [2.75, 3.05) is 6.54 Å². The second-order valence-electron chi connectivity index (χ2n) is 10.4. The highest BCUT2D eigenvalue weighted by Crippen LogP contribution is 2.24. The van der Waals surface area contributed by atoms with Crippen molar-refractivity contribution in [1.29, 1.82) is 0 Å². The summed E-state index contributed by atoms with van der Waals surface area (Å²) in [6.07, 6.45) is 3.17. The number of nitrogens with zero attached hydrogens (tertiary/aromatic N) is 1. The van der Waals surface area contributed by atoms with E-state index in [0.717, 1.165) is 10.9 Å². The predicted molar refractivity (Wildman–Crippen MR) is 149 cm³/mol. The van der Waals surface area contributed by atoms with E-state index in [1.165, 1.54) is 12.1 Å². The normalized spacial score (nSPS) is 13.6. The highest BCUT2D eigenvalue weighted by Gasteiger charge is 2.30. The van der Waals surface area contributed by atoms with E-state index in [2.05, 4.69) is 15.3 Å². The number of hydrogen-bond acceptors (Lipinski definition) is 5. The number of aromatic nitrogens is 1. The first-order valence-corrected chi connectivity index (χ1v) is 13.4. The number of H-pyrrole nitrogens is 1. The predicted octanol–water partition coefficient (Wildman–Crippen LogP) is 2.48. The van der Waals surface area contributed by atoms with Crippen molar-refractivity contribution in [2.45, 2.75) is 71.8 Å². The third kappa shape index (κ3) is 10.1. The summed E-state index contributed by atoms with van der Waals surface area (Å²) in [5, 5.41) is 3.58. The molecule has 0 aliphatic rings. The maximum absolute atomic E-state index is 13.6. The molecule has 0 aliphatic heterocycles. The Morgan fingerprint density at radius 2 is 1.79 bits per heavy atom. The molecule has 0 fully saturated rings. The number of primary amides is 1. The smallest absolute Gasteiger partial charge is 0.224 e. The van der Waals surface area contributed by atoms with Crippen molar-refractivity contribution in [3.63, 3.8) is 0 Å². The third-order valence-electron chi connectivity index (χ3n) is 6.69. The molecule has 2 aromatic rings. The quantitative estimate of drug-likeness (QED) is 0.116. The lowest BCUT2D eigenvalue weighted by atomic mass is 9.88. The molecule has 0 unspecified atom stereocenters. The molecule has 8 N–H and O–H groups in total. The lowest BCUT2D eigenvalue weighted by Gasteiger charge is -2.23. The zero-order chi connectivity index (χ0) is 29.1. The maximum atomic E-state index is 13.6. The fourth-order valence-electron chi connectivity index (χ4n) is 4.63. The van der Waals surface area contributed by atoms with Crippen LogP contribution < -0.4 is 22.5 Å². The van der Waals surface area contributed by atoms with Gasteiger partial charge in [-0.3, -0.25) is 24.2 Å². The van der Waals surface area contributed by atoms with Gasteiger partial charge in [-0.1, -0.05) is 20.8 Å². The summed E-state index contributed by atoms with van der Waals surface area (Å²) in [7, 11) is 0. The van der Waals surface area contributed by atoms with E-state index >= 15 is 0 Å². The number of ketones is 2. The fraction of sp³-hybridized carbons (Fsp3) is 0.536. The number of halogens is 1. The number of fused-ring (bicyclic) bond motifs is 1. The molecule has 0 spiro atoms. The lowest BCUT2D eigenvalue weighted by molar-refractivity contribution is -0.133. The number of amides is 2. The first-order chi connectivity index (χ1) is 18.4. The molecule has 0 saturated carbocycles. The number of aromatic amines is 1. The number of aliphatic imine (C=N–C) groups is 1. The molecule has 1 aromatic carbocycles. The van der Waals surface area contributed by atoms with Gasteiger partial charge in [-0.15, -0.1) is 0 Å². The molecule has 0 saturated heterocycles. The molecule has 1 heterocycles. The van der Waals surface area contributed by atoms with E-state index < -0.39 is 29.7 Å². The highest BCUT2D eigenvalue weighted by atomic mass is 19.1. The average molecular weight is 545 g/mol. The Labute approximate surface area is 228 Å². The molecule has 10 nitrogen and oxygen atoms in total. The number of nitrogens with two attached hydrogens (primary N) is 3. The molecule has 1 aromatic heterocycles. The molecule has 0 aliphatic carbocycles. The van der Waals surface area contributed by atoms with Crippen LogP contribution >= 0.6 is 0 Å². The van der Waals surface area contributed by atoms with Crippen molar-refractivity contribution in [3.05, 3.63) is 35.8 Å². The summed E-state index contributed by atoms with van der Waals surface area (Å²) >= 11 is 0. The topological polar surface area (TPSA) is 187 Å². The highest BCUT2D eigenvalue weighted by molar-refractivity contribution is 5.94. The monoisotopic (exact) mass is 544 g/mol. The number of rotatable bonds is 17. The van der Waals surface area contributed by atoms with Crippen LogP contribution in [0.25, 0.3) is 10.9 Å². The number of carbonyl (C=O) groups is 4. The molecule has 3 atom stereocenters. The van der Waals surface area contributed by atoms with Crippen LogP contribution in [0.15, 0.2) is 29.4 Å². The number of carbonyl (C=O) groups excluding carboxylic acids is 4. The zero-order valence-corrected chi connectivity index (χ0v) is 23.0. The average Bonchev–Trinajstić information content (AvgIpc) is 3.25. The van der Waals surface area contributed by atoms with Crippen molar-refractivity contribution in [2.24, 2.45) is 39.9 Å². The molecule has 214 valence electrons.